The molecular formula is C22H28N4O3+2. The summed E-state index contributed by atoms with van der Waals surface area (Å²) in [7, 11) is 7.88. The third-order valence-electron chi connectivity index (χ3n) is 4.80. The molecule has 0 atom stereocenters. The van der Waals surface area contributed by atoms with Crippen LogP contribution in [0, 0.1) is 17.0 Å². The highest BCUT2D eigenvalue weighted by atomic mass is 16.6. The van der Waals surface area contributed by atoms with E-state index in [1.165, 1.54) is 0 Å². The first-order valence-corrected chi connectivity index (χ1v) is 9.58. The van der Waals surface area contributed by atoms with Crippen LogP contribution >= 0.6 is 0 Å². The van der Waals surface area contributed by atoms with Crippen molar-refractivity contribution in [2.75, 3.05) is 28.2 Å². The molecule has 0 radical (unpaired) electrons. The number of aromatic nitrogens is 1. The number of fused-ring (bicyclic) bond motifs is 1. The zero-order valence-electron chi connectivity index (χ0n) is 17.5. The number of nitro groups is 1. The Balaban J connectivity index is 2.50. The molecule has 1 heterocycles. The van der Waals surface area contributed by atoms with Crippen molar-refractivity contribution in [3.63, 3.8) is 0 Å². The summed E-state index contributed by atoms with van der Waals surface area (Å²) in [4.78, 5) is 13.9. The van der Waals surface area contributed by atoms with E-state index in [1.54, 1.807) is 18.2 Å². The Kier molecular flexibility index (Phi) is 5.72. The zero-order chi connectivity index (χ0) is 21.3. The van der Waals surface area contributed by atoms with E-state index in [-0.39, 0.29) is 16.4 Å². The van der Waals surface area contributed by atoms with Crippen LogP contribution in [0.4, 0.5) is 5.69 Å². The molecule has 7 heteroatoms. The molecule has 0 aliphatic heterocycles. The van der Waals surface area contributed by atoms with Gasteiger partial charge in [-0.2, -0.15) is 0 Å². The van der Waals surface area contributed by atoms with E-state index in [4.69, 9.17) is 0 Å². The van der Waals surface area contributed by atoms with Gasteiger partial charge >= 0.3 is 5.69 Å². The van der Waals surface area contributed by atoms with Crippen LogP contribution in [-0.4, -0.2) is 42.8 Å². The number of benzene rings is 2. The number of quaternary nitrogens is 2. The van der Waals surface area contributed by atoms with E-state index >= 15 is 0 Å². The lowest BCUT2D eigenvalue weighted by molar-refractivity contribution is -0.872. The van der Waals surface area contributed by atoms with Gasteiger partial charge in [0.05, 0.1) is 55.8 Å². The number of aromatic hydroxyl groups is 1. The standard InChI is InChI=1S/C22H26N4O3/c1-15-6-8-16(9-7-15)25-19(12-13-23(2)3)22(26(28)29)17-10-11-20(27)18(21(17)25)14-24(4)5/h6-13,27H,14H2,1-5H3/p+2/b13-12-. The third-order valence-corrected chi connectivity index (χ3v) is 4.80. The smallest absolute Gasteiger partial charge is 0.302 e. The Morgan fingerprint density at radius 1 is 1.10 bits per heavy atom. The van der Waals surface area contributed by atoms with Gasteiger partial charge < -0.3 is 19.5 Å². The molecule has 7 nitrogen and oxygen atoms in total. The third kappa shape index (κ3) is 4.01. The number of hydrogen-bond acceptors (Lipinski definition) is 3. The minimum absolute atomic E-state index is 0.0491. The molecule has 0 bridgehead atoms. The maximum atomic E-state index is 12.1. The van der Waals surface area contributed by atoms with Gasteiger partial charge in [0.2, 0.25) is 0 Å². The molecule has 0 fully saturated rings. The number of aryl methyl sites for hydroxylation is 1. The lowest BCUT2D eigenvalue weighted by atomic mass is 10.1. The Morgan fingerprint density at radius 3 is 2.31 bits per heavy atom. The van der Waals surface area contributed by atoms with Crippen LogP contribution in [0.25, 0.3) is 22.7 Å². The molecule has 29 heavy (non-hydrogen) atoms. The summed E-state index contributed by atoms with van der Waals surface area (Å²) in [6.07, 6.45) is 3.67. The summed E-state index contributed by atoms with van der Waals surface area (Å²) in [5, 5.41) is 23.2. The lowest BCUT2D eigenvalue weighted by Gasteiger charge is -2.14. The molecule has 1 aromatic heterocycles. The summed E-state index contributed by atoms with van der Waals surface area (Å²) in [6.45, 7) is 2.54. The summed E-state index contributed by atoms with van der Waals surface area (Å²) < 4.78 is 1.89. The number of rotatable bonds is 6. The van der Waals surface area contributed by atoms with Crippen LogP contribution < -0.4 is 9.80 Å². The van der Waals surface area contributed by atoms with Crippen molar-refractivity contribution in [3.05, 3.63) is 69.5 Å². The molecule has 0 unspecified atom stereocenters. The summed E-state index contributed by atoms with van der Waals surface area (Å²) in [6, 6.07) is 11.1. The molecule has 2 aromatic carbocycles. The monoisotopic (exact) mass is 396 g/mol. The second-order valence-corrected chi connectivity index (χ2v) is 7.92. The summed E-state index contributed by atoms with van der Waals surface area (Å²) in [5.74, 6) is 0.147. The van der Waals surface area contributed by atoms with E-state index in [2.05, 4.69) is 0 Å². The SMILES string of the molecule is Cc1ccc(-n2c(/C=C\[NH+](C)C)c([N+](=O)[O-])c3ccc(O)c(C[NH+](C)C)c32)cc1. The first-order chi connectivity index (χ1) is 13.7. The normalized spacial score (nSPS) is 12.0. The first-order valence-electron chi connectivity index (χ1n) is 9.58. The molecule has 0 amide bonds. The molecule has 0 saturated heterocycles. The Bertz CT molecular complexity index is 1080. The number of nitrogens with zero attached hydrogens (tertiary/aromatic N) is 2. The molecule has 0 spiro atoms. The highest BCUT2D eigenvalue weighted by Crippen LogP contribution is 2.40. The average Bonchev–Trinajstić information content (AvgIpc) is 2.97. The molecule has 0 aliphatic carbocycles. The highest BCUT2D eigenvalue weighted by molar-refractivity contribution is 5.98. The molecule has 3 rings (SSSR count). The topological polar surface area (TPSA) is 77.2 Å². The maximum absolute atomic E-state index is 12.1. The molecule has 3 N–H and O–H groups in total. The average molecular weight is 396 g/mol. The van der Waals surface area contributed by atoms with Gasteiger partial charge in [-0.15, -0.1) is 0 Å². The van der Waals surface area contributed by atoms with Crippen LogP contribution in [0.15, 0.2) is 42.6 Å². The van der Waals surface area contributed by atoms with Crippen molar-refractivity contribution in [1.29, 1.82) is 0 Å². The van der Waals surface area contributed by atoms with E-state index in [0.717, 1.165) is 21.1 Å². The second kappa shape index (κ2) is 8.06. The molecule has 0 saturated carbocycles. The van der Waals surface area contributed by atoms with Gasteiger partial charge in [-0.25, -0.2) is 0 Å². The minimum Gasteiger partial charge on any atom is -0.507 e. The Morgan fingerprint density at radius 2 is 1.76 bits per heavy atom. The van der Waals surface area contributed by atoms with Gasteiger partial charge in [0.25, 0.3) is 0 Å². The van der Waals surface area contributed by atoms with Gasteiger partial charge in [-0.05, 0) is 31.2 Å². The van der Waals surface area contributed by atoms with Crippen molar-refractivity contribution >= 4 is 22.7 Å². The van der Waals surface area contributed by atoms with Gasteiger partial charge in [0.1, 0.15) is 18.0 Å². The molecule has 152 valence electrons. The van der Waals surface area contributed by atoms with Crippen LogP contribution in [0.5, 0.6) is 5.75 Å². The minimum atomic E-state index is -0.332. The van der Waals surface area contributed by atoms with E-state index < -0.39 is 0 Å². The number of phenolic OH excluding ortho intramolecular Hbond substituents is 1. The largest absolute Gasteiger partial charge is 0.507 e. The first kappa shape index (κ1) is 20.6. The quantitative estimate of drug-likeness (QED) is 0.434. The van der Waals surface area contributed by atoms with Crippen LogP contribution in [0.1, 0.15) is 16.8 Å². The maximum Gasteiger partial charge on any atom is 0.302 e. The van der Waals surface area contributed by atoms with E-state index in [1.807, 2.05) is 70.1 Å². The van der Waals surface area contributed by atoms with Crippen molar-refractivity contribution in [1.82, 2.24) is 4.57 Å². The van der Waals surface area contributed by atoms with Crippen molar-refractivity contribution in [2.45, 2.75) is 13.5 Å². The second-order valence-electron chi connectivity index (χ2n) is 7.92. The number of nitrogens with one attached hydrogen (secondary N) is 2. The summed E-state index contributed by atoms with van der Waals surface area (Å²) >= 11 is 0. The molecule has 0 aliphatic rings. The lowest BCUT2D eigenvalue weighted by Crippen LogP contribution is -3.04. The predicted molar refractivity (Wildman–Crippen MR) is 115 cm³/mol. The van der Waals surface area contributed by atoms with Gasteiger partial charge in [0.15, 0.2) is 0 Å². The predicted octanol–water partition coefficient (Wildman–Crippen LogP) is 1.31. The van der Waals surface area contributed by atoms with Crippen molar-refractivity contribution in [3.8, 4) is 11.4 Å². The zero-order valence-corrected chi connectivity index (χ0v) is 17.5. The van der Waals surface area contributed by atoms with E-state index in [0.29, 0.717) is 28.7 Å². The Hall–Kier alpha value is -3.16. The fourth-order valence-electron chi connectivity index (χ4n) is 3.52. The van der Waals surface area contributed by atoms with E-state index in [9.17, 15) is 15.2 Å². The van der Waals surface area contributed by atoms with Crippen LogP contribution in [-0.2, 0) is 6.54 Å². The molecule has 3 aromatic rings. The molecular weight excluding hydrogens is 368 g/mol. The highest BCUT2D eigenvalue weighted by Gasteiger charge is 2.29. The van der Waals surface area contributed by atoms with Gasteiger partial charge in [-0.3, -0.25) is 10.1 Å². The van der Waals surface area contributed by atoms with Gasteiger partial charge in [-0.1, -0.05) is 17.7 Å². The Labute approximate surface area is 170 Å². The van der Waals surface area contributed by atoms with Crippen molar-refractivity contribution < 1.29 is 19.8 Å². The van der Waals surface area contributed by atoms with Crippen LogP contribution in [0.2, 0.25) is 0 Å². The van der Waals surface area contributed by atoms with Gasteiger partial charge in [0, 0.05) is 11.8 Å². The number of hydrogen-bond donors (Lipinski definition) is 3. The number of phenols is 1. The fraction of sp³-hybridized carbons (Fsp3) is 0.273. The van der Waals surface area contributed by atoms with Crippen LogP contribution in [0.3, 0.4) is 0 Å². The van der Waals surface area contributed by atoms with Crippen molar-refractivity contribution in [2.24, 2.45) is 0 Å². The fourth-order valence-corrected chi connectivity index (χ4v) is 3.52. The summed E-state index contributed by atoms with van der Waals surface area (Å²) in [5.41, 5.74) is 3.85.